The van der Waals surface area contributed by atoms with Gasteiger partial charge in [0.25, 0.3) is 0 Å². The molecule has 0 aromatic rings. The molecule has 0 bridgehead atoms. The van der Waals surface area contributed by atoms with Crippen LogP contribution in [-0.4, -0.2) is 100 Å². The van der Waals surface area contributed by atoms with E-state index in [1.54, 1.807) is 0 Å². The van der Waals surface area contributed by atoms with Crippen molar-refractivity contribution in [2.45, 2.75) is 12.1 Å². The first kappa shape index (κ1) is 14.8. The van der Waals surface area contributed by atoms with Crippen molar-refractivity contribution in [2.24, 2.45) is 23.7 Å². The van der Waals surface area contributed by atoms with Gasteiger partial charge >= 0.3 is 0 Å². The Bertz CT molecular complexity index is 298. The molecule has 4 rings (SSSR count). The van der Waals surface area contributed by atoms with Gasteiger partial charge in [-0.05, 0) is 66.0 Å². The van der Waals surface area contributed by atoms with Gasteiger partial charge in [0, 0.05) is 38.3 Å². The molecule has 0 aromatic carbocycles. The number of fused-ring (bicyclic) bond motifs is 2. The monoisotopic (exact) mass is 280 g/mol. The van der Waals surface area contributed by atoms with Crippen molar-refractivity contribution in [2.75, 3.05) is 68.5 Å². The Morgan fingerprint density at radius 1 is 0.600 bits per heavy atom. The van der Waals surface area contributed by atoms with E-state index >= 15 is 0 Å². The highest BCUT2D eigenvalue weighted by Crippen LogP contribution is 2.47. The molecule has 0 spiro atoms. The zero-order valence-electron chi connectivity index (χ0n) is 14.1. The minimum atomic E-state index is 0.913. The first-order valence-corrected chi connectivity index (χ1v) is 8.10. The third-order valence-corrected chi connectivity index (χ3v) is 5.86. The Balaban J connectivity index is 0.000000121. The summed E-state index contributed by atoms with van der Waals surface area (Å²) >= 11 is 0. The zero-order valence-corrected chi connectivity index (χ0v) is 14.1. The number of hydrogen-bond acceptors (Lipinski definition) is 4. The maximum Gasteiger partial charge on any atom is 0.0177 e. The van der Waals surface area contributed by atoms with Crippen LogP contribution < -0.4 is 0 Å². The predicted octanol–water partition coefficient (Wildman–Crippen LogP) is 0.216. The Labute approximate surface area is 124 Å². The molecule has 0 aromatic heterocycles. The lowest BCUT2D eigenvalue weighted by Crippen LogP contribution is -2.28. The highest BCUT2D eigenvalue weighted by Gasteiger charge is 2.56. The first-order chi connectivity index (χ1) is 9.40. The lowest BCUT2D eigenvalue weighted by molar-refractivity contribution is 0.282. The highest BCUT2D eigenvalue weighted by molar-refractivity contribution is 5.10. The molecular formula is C16H32N4. The number of rotatable bonds is 2. The summed E-state index contributed by atoms with van der Waals surface area (Å²) in [6.07, 6.45) is 0. The summed E-state index contributed by atoms with van der Waals surface area (Å²) in [5.74, 6) is 4.00. The fourth-order valence-electron chi connectivity index (χ4n) is 4.94. The molecule has 20 heavy (non-hydrogen) atoms. The van der Waals surface area contributed by atoms with Gasteiger partial charge in [0.05, 0.1) is 0 Å². The van der Waals surface area contributed by atoms with E-state index in [0.717, 1.165) is 35.8 Å². The molecule has 0 radical (unpaired) electrons. The lowest BCUT2D eigenvalue weighted by atomic mass is 10.4. The Morgan fingerprint density at radius 3 is 1.05 bits per heavy atom. The summed E-state index contributed by atoms with van der Waals surface area (Å²) in [5, 5.41) is 0. The van der Waals surface area contributed by atoms with Crippen LogP contribution in [0.1, 0.15) is 0 Å². The number of piperidine rings is 2. The maximum absolute atomic E-state index is 2.44. The van der Waals surface area contributed by atoms with Crippen molar-refractivity contribution >= 4 is 0 Å². The van der Waals surface area contributed by atoms with Gasteiger partial charge in [0.1, 0.15) is 0 Å². The average molecular weight is 280 g/mol. The maximum atomic E-state index is 2.44. The smallest absolute Gasteiger partial charge is 0.0177 e. The van der Waals surface area contributed by atoms with Crippen LogP contribution in [0, 0.1) is 23.7 Å². The molecule has 2 heterocycles. The third kappa shape index (κ3) is 2.63. The van der Waals surface area contributed by atoms with E-state index in [0.29, 0.717) is 0 Å². The molecular weight excluding hydrogens is 248 g/mol. The summed E-state index contributed by atoms with van der Waals surface area (Å²) in [6, 6.07) is 1.83. The lowest BCUT2D eigenvalue weighted by Gasteiger charge is -2.17. The summed E-state index contributed by atoms with van der Waals surface area (Å²) in [4.78, 5) is 9.63. The van der Waals surface area contributed by atoms with Crippen LogP contribution in [0.5, 0.6) is 0 Å². The van der Waals surface area contributed by atoms with E-state index in [9.17, 15) is 0 Å². The number of likely N-dealkylation sites (tertiary alicyclic amines) is 2. The van der Waals surface area contributed by atoms with E-state index in [-0.39, 0.29) is 0 Å². The molecule has 4 heteroatoms. The molecule has 0 amide bonds. The van der Waals surface area contributed by atoms with Crippen LogP contribution in [-0.2, 0) is 0 Å². The van der Waals surface area contributed by atoms with Crippen LogP contribution in [0.2, 0.25) is 0 Å². The van der Waals surface area contributed by atoms with Crippen LogP contribution in [0.3, 0.4) is 0 Å². The molecule has 2 aliphatic carbocycles. The molecule has 4 fully saturated rings. The fourth-order valence-corrected chi connectivity index (χ4v) is 4.94. The van der Waals surface area contributed by atoms with Gasteiger partial charge in [-0.15, -0.1) is 0 Å². The SMILES string of the molecule is CN1CC2C(C1)C2N(C)C.CN1CC2C(C1)C2N(C)C. The molecule has 116 valence electrons. The van der Waals surface area contributed by atoms with Gasteiger partial charge in [-0.1, -0.05) is 0 Å². The fraction of sp³-hybridized carbons (Fsp3) is 1.00. The van der Waals surface area contributed by atoms with Gasteiger partial charge in [-0.25, -0.2) is 0 Å². The summed E-state index contributed by atoms with van der Waals surface area (Å²) in [5.41, 5.74) is 0. The normalized spacial score (nSPS) is 46.2. The standard InChI is InChI=1S/2C8H16N2/c2*1-9(2)8-6-4-10(3)5-7(6)8/h2*6-8H,4-5H2,1-3H3. The second-order valence-electron chi connectivity index (χ2n) is 8.01. The third-order valence-electron chi connectivity index (χ3n) is 5.86. The number of hydrogen-bond donors (Lipinski definition) is 0. The molecule has 4 unspecified atom stereocenters. The summed E-state index contributed by atoms with van der Waals surface area (Å²) in [7, 11) is 13.2. The van der Waals surface area contributed by atoms with Crippen molar-refractivity contribution < 1.29 is 0 Å². The summed E-state index contributed by atoms with van der Waals surface area (Å²) in [6.45, 7) is 5.31. The Morgan fingerprint density at radius 2 is 0.850 bits per heavy atom. The van der Waals surface area contributed by atoms with Gasteiger partial charge < -0.3 is 19.6 Å². The van der Waals surface area contributed by atoms with Crippen LogP contribution in [0.15, 0.2) is 0 Å². The Hall–Kier alpha value is -0.160. The second kappa shape index (κ2) is 5.24. The average Bonchev–Trinajstić information content (AvgIpc) is 3.08. The molecule has 2 aliphatic heterocycles. The van der Waals surface area contributed by atoms with E-state index in [1.807, 2.05) is 0 Å². The first-order valence-electron chi connectivity index (χ1n) is 8.10. The minimum Gasteiger partial charge on any atom is -0.306 e. The zero-order chi connectivity index (χ0) is 14.6. The van der Waals surface area contributed by atoms with Crippen molar-refractivity contribution in [3.8, 4) is 0 Å². The van der Waals surface area contributed by atoms with Crippen molar-refractivity contribution in [3.63, 3.8) is 0 Å². The van der Waals surface area contributed by atoms with Gasteiger partial charge in [0.2, 0.25) is 0 Å². The second-order valence-corrected chi connectivity index (χ2v) is 8.01. The van der Waals surface area contributed by atoms with Gasteiger partial charge in [-0.2, -0.15) is 0 Å². The topological polar surface area (TPSA) is 13.0 Å². The number of nitrogens with zero attached hydrogens (tertiary/aromatic N) is 4. The van der Waals surface area contributed by atoms with E-state index < -0.39 is 0 Å². The predicted molar refractivity (Wildman–Crippen MR) is 83.9 cm³/mol. The van der Waals surface area contributed by atoms with Crippen LogP contribution in [0.4, 0.5) is 0 Å². The van der Waals surface area contributed by atoms with Crippen molar-refractivity contribution in [1.29, 1.82) is 0 Å². The molecule has 4 nitrogen and oxygen atoms in total. The van der Waals surface area contributed by atoms with Crippen molar-refractivity contribution in [1.82, 2.24) is 19.6 Å². The molecule has 0 N–H and O–H groups in total. The molecule has 2 saturated carbocycles. The van der Waals surface area contributed by atoms with Crippen LogP contribution >= 0.6 is 0 Å². The molecule has 2 saturated heterocycles. The van der Waals surface area contributed by atoms with E-state index in [4.69, 9.17) is 0 Å². The highest BCUT2D eigenvalue weighted by atomic mass is 15.2. The molecule has 4 aliphatic rings. The molecule has 4 atom stereocenters. The van der Waals surface area contributed by atoms with Gasteiger partial charge in [0.15, 0.2) is 0 Å². The Kier molecular flexibility index (Phi) is 3.87. The summed E-state index contributed by atoms with van der Waals surface area (Å²) < 4.78 is 0. The quantitative estimate of drug-likeness (QED) is 0.717. The van der Waals surface area contributed by atoms with E-state index in [2.05, 4.69) is 61.9 Å². The van der Waals surface area contributed by atoms with E-state index in [1.165, 1.54) is 26.2 Å². The minimum absolute atomic E-state index is 0.913. The largest absolute Gasteiger partial charge is 0.306 e. The van der Waals surface area contributed by atoms with Crippen LogP contribution in [0.25, 0.3) is 0 Å². The van der Waals surface area contributed by atoms with Crippen molar-refractivity contribution in [3.05, 3.63) is 0 Å². The van der Waals surface area contributed by atoms with Gasteiger partial charge in [-0.3, -0.25) is 0 Å².